The summed E-state index contributed by atoms with van der Waals surface area (Å²) in [5.41, 5.74) is 5.25. The summed E-state index contributed by atoms with van der Waals surface area (Å²) in [6, 6.07) is 7.57. The van der Waals surface area contributed by atoms with Crippen molar-refractivity contribution in [2.24, 2.45) is 5.73 Å². The molecule has 3 rings (SSSR count). The number of primary amides is 1. The fraction of sp³-hybridized carbons (Fsp3) is 0.0625. The molecule has 1 amide bonds. The van der Waals surface area contributed by atoms with E-state index in [-0.39, 0.29) is 22.3 Å². The molecule has 0 saturated carbocycles. The van der Waals surface area contributed by atoms with Crippen LogP contribution >= 0.6 is 0 Å². The highest BCUT2D eigenvalue weighted by Crippen LogP contribution is 2.32. The number of aromatic nitrogens is 2. The third kappa shape index (κ3) is 2.73. The summed E-state index contributed by atoms with van der Waals surface area (Å²) in [6.07, 6.45) is -3.14. The molecule has 0 aliphatic heterocycles. The van der Waals surface area contributed by atoms with E-state index >= 15 is 0 Å². The number of alkyl halides is 3. The van der Waals surface area contributed by atoms with Crippen LogP contribution in [0, 0.1) is 0 Å². The number of aromatic hydroxyl groups is 1. The van der Waals surface area contributed by atoms with Gasteiger partial charge in [-0.1, -0.05) is 12.1 Å². The smallest absolute Gasteiger partial charge is 0.416 e. The number of carbonyl (C=O) groups excluding carboxylic acids is 1. The zero-order valence-corrected chi connectivity index (χ0v) is 12.0. The zero-order valence-electron chi connectivity index (χ0n) is 12.0. The molecule has 0 bridgehead atoms. The van der Waals surface area contributed by atoms with Gasteiger partial charge in [-0.05, 0) is 24.3 Å². The Morgan fingerprint density at radius 2 is 1.75 bits per heavy atom. The number of fused-ring (bicyclic) bond motifs is 1. The van der Waals surface area contributed by atoms with Gasteiger partial charge in [0.15, 0.2) is 11.4 Å². The Kier molecular flexibility index (Phi) is 3.59. The maximum atomic E-state index is 12.6. The lowest BCUT2D eigenvalue weighted by molar-refractivity contribution is -0.137. The van der Waals surface area contributed by atoms with E-state index in [4.69, 9.17) is 5.73 Å². The number of hydrogen-bond acceptors (Lipinski definition) is 4. The quantitative estimate of drug-likeness (QED) is 0.754. The number of hydrogen-bond donors (Lipinski definition) is 2. The van der Waals surface area contributed by atoms with Crippen molar-refractivity contribution >= 4 is 16.8 Å². The van der Waals surface area contributed by atoms with E-state index < -0.39 is 17.6 Å². The van der Waals surface area contributed by atoms with Crippen LogP contribution in [-0.2, 0) is 6.18 Å². The van der Waals surface area contributed by atoms with Gasteiger partial charge in [0.25, 0.3) is 5.91 Å². The lowest BCUT2D eigenvalue weighted by Gasteiger charge is -2.09. The summed E-state index contributed by atoms with van der Waals surface area (Å²) in [5.74, 6) is -1.26. The maximum Gasteiger partial charge on any atom is 0.416 e. The van der Waals surface area contributed by atoms with Crippen molar-refractivity contribution in [3.8, 4) is 17.0 Å². The third-order valence-corrected chi connectivity index (χ3v) is 3.46. The van der Waals surface area contributed by atoms with E-state index in [0.717, 1.165) is 12.1 Å². The average molecular weight is 333 g/mol. The molecule has 0 unspecified atom stereocenters. The Morgan fingerprint density at radius 3 is 2.33 bits per heavy atom. The molecule has 24 heavy (non-hydrogen) atoms. The molecule has 5 nitrogen and oxygen atoms in total. The Hall–Kier alpha value is -3.16. The molecule has 0 radical (unpaired) electrons. The first-order valence-corrected chi connectivity index (χ1v) is 6.73. The molecular weight excluding hydrogens is 323 g/mol. The van der Waals surface area contributed by atoms with E-state index in [1.807, 2.05) is 0 Å². The lowest BCUT2D eigenvalue weighted by atomic mass is 10.1. The van der Waals surface area contributed by atoms with Crippen LogP contribution in [0.2, 0.25) is 0 Å². The van der Waals surface area contributed by atoms with Crippen molar-refractivity contribution in [1.29, 1.82) is 0 Å². The van der Waals surface area contributed by atoms with Crippen molar-refractivity contribution in [3.05, 3.63) is 53.9 Å². The monoisotopic (exact) mass is 333 g/mol. The summed E-state index contributed by atoms with van der Waals surface area (Å²) in [6.45, 7) is 0. The highest BCUT2D eigenvalue weighted by Gasteiger charge is 2.30. The zero-order chi connectivity index (χ0) is 17.5. The van der Waals surface area contributed by atoms with Gasteiger partial charge < -0.3 is 10.8 Å². The van der Waals surface area contributed by atoms with Crippen molar-refractivity contribution < 1.29 is 23.1 Å². The third-order valence-electron chi connectivity index (χ3n) is 3.46. The second-order valence-electron chi connectivity index (χ2n) is 5.02. The van der Waals surface area contributed by atoms with Gasteiger partial charge in [0, 0.05) is 10.9 Å². The van der Waals surface area contributed by atoms with Gasteiger partial charge in [-0.3, -0.25) is 4.79 Å². The summed E-state index contributed by atoms with van der Waals surface area (Å²) in [7, 11) is 0. The first kappa shape index (κ1) is 15.7. The minimum absolute atomic E-state index is 0.272. The largest absolute Gasteiger partial charge is 0.505 e. The van der Waals surface area contributed by atoms with Crippen molar-refractivity contribution in [2.75, 3.05) is 0 Å². The van der Waals surface area contributed by atoms with Gasteiger partial charge in [0.1, 0.15) is 0 Å². The molecule has 3 N–H and O–H groups in total. The van der Waals surface area contributed by atoms with E-state index in [9.17, 15) is 23.1 Å². The topological polar surface area (TPSA) is 89.1 Å². The molecular formula is C16H10F3N3O2. The van der Waals surface area contributed by atoms with E-state index in [2.05, 4.69) is 9.97 Å². The first-order valence-electron chi connectivity index (χ1n) is 6.73. The van der Waals surface area contributed by atoms with Crippen LogP contribution in [0.25, 0.3) is 22.2 Å². The van der Waals surface area contributed by atoms with Gasteiger partial charge in [-0.2, -0.15) is 13.2 Å². The van der Waals surface area contributed by atoms with Crippen LogP contribution in [0.15, 0.2) is 42.6 Å². The molecule has 0 aliphatic rings. The number of nitrogens with zero attached hydrogens (tertiary/aromatic N) is 2. The van der Waals surface area contributed by atoms with Crippen LogP contribution < -0.4 is 5.73 Å². The molecule has 0 aliphatic carbocycles. The molecule has 8 heteroatoms. The normalized spacial score (nSPS) is 11.6. The Labute approximate surface area is 133 Å². The maximum absolute atomic E-state index is 12.6. The number of rotatable bonds is 2. The van der Waals surface area contributed by atoms with Gasteiger partial charge >= 0.3 is 6.18 Å². The fourth-order valence-corrected chi connectivity index (χ4v) is 2.26. The van der Waals surface area contributed by atoms with Gasteiger partial charge in [0.2, 0.25) is 0 Å². The number of halogens is 3. The molecule has 3 aromatic rings. The fourth-order valence-electron chi connectivity index (χ4n) is 2.26. The summed E-state index contributed by atoms with van der Waals surface area (Å²) in [5, 5.41) is 10.3. The predicted molar refractivity (Wildman–Crippen MR) is 80.2 cm³/mol. The van der Waals surface area contributed by atoms with Gasteiger partial charge in [-0.15, -0.1) is 0 Å². The van der Waals surface area contributed by atoms with Crippen molar-refractivity contribution in [1.82, 2.24) is 9.97 Å². The average Bonchev–Trinajstić information content (AvgIpc) is 2.54. The van der Waals surface area contributed by atoms with Crippen LogP contribution in [0.1, 0.15) is 16.1 Å². The second kappa shape index (κ2) is 5.48. The molecule has 0 saturated heterocycles. The van der Waals surface area contributed by atoms with Crippen LogP contribution in [0.5, 0.6) is 5.75 Å². The van der Waals surface area contributed by atoms with Crippen LogP contribution in [0.3, 0.4) is 0 Å². The number of benzene rings is 1. The Morgan fingerprint density at radius 1 is 1.08 bits per heavy atom. The molecule has 0 atom stereocenters. The van der Waals surface area contributed by atoms with Crippen LogP contribution in [0.4, 0.5) is 13.2 Å². The van der Waals surface area contributed by atoms with E-state index in [1.165, 1.54) is 30.5 Å². The second-order valence-corrected chi connectivity index (χ2v) is 5.02. The summed E-state index contributed by atoms with van der Waals surface area (Å²) in [4.78, 5) is 19.1. The van der Waals surface area contributed by atoms with Gasteiger partial charge in [0.05, 0.1) is 23.0 Å². The van der Waals surface area contributed by atoms with E-state index in [1.54, 1.807) is 0 Å². The summed E-state index contributed by atoms with van der Waals surface area (Å²) >= 11 is 0. The molecule has 1 aromatic carbocycles. The predicted octanol–water partition coefficient (Wildman–Crippen LogP) is 3.12. The molecule has 2 aromatic heterocycles. The SMILES string of the molecule is NC(=O)c1ncc2nc(-c3ccc(C(F)(F)F)cc3)ccc2c1O. The van der Waals surface area contributed by atoms with Crippen LogP contribution in [-0.4, -0.2) is 21.0 Å². The Bertz CT molecular complexity index is 938. The lowest BCUT2D eigenvalue weighted by Crippen LogP contribution is -2.13. The molecule has 2 heterocycles. The highest BCUT2D eigenvalue weighted by atomic mass is 19.4. The molecule has 0 fully saturated rings. The summed E-state index contributed by atoms with van der Waals surface area (Å²) < 4.78 is 37.8. The number of amides is 1. The highest BCUT2D eigenvalue weighted by molar-refractivity contribution is 6.00. The minimum atomic E-state index is -4.41. The molecule has 0 spiro atoms. The number of pyridine rings is 2. The molecule has 122 valence electrons. The minimum Gasteiger partial charge on any atom is -0.505 e. The Balaban J connectivity index is 2.05. The van der Waals surface area contributed by atoms with Gasteiger partial charge in [-0.25, -0.2) is 9.97 Å². The van der Waals surface area contributed by atoms with E-state index in [0.29, 0.717) is 11.3 Å². The number of carbonyl (C=O) groups is 1. The first-order chi connectivity index (χ1) is 11.3. The standard InChI is InChI=1S/C16H10F3N3O2/c17-16(18,19)9-3-1-8(2-4-9)11-6-5-10-12(22-11)7-21-13(14(10)23)15(20)24/h1-7,23H,(H2,20,24). The van der Waals surface area contributed by atoms with Crippen molar-refractivity contribution in [3.63, 3.8) is 0 Å². The number of nitrogens with two attached hydrogens (primary N) is 1. The van der Waals surface area contributed by atoms with Crippen molar-refractivity contribution in [2.45, 2.75) is 6.18 Å².